The Morgan fingerprint density at radius 1 is 1.30 bits per heavy atom. The molecule has 1 amide bonds. The van der Waals surface area contributed by atoms with Gasteiger partial charge in [-0.25, -0.2) is 0 Å². The van der Waals surface area contributed by atoms with E-state index in [1.165, 1.54) is 0 Å². The lowest BCUT2D eigenvalue weighted by atomic mass is 9.88. The fourth-order valence-electron chi connectivity index (χ4n) is 3.59. The molecule has 2 unspecified atom stereocenters. The third kappa shape index (κ3) is 3.78. The Morgan fingerprint density at radius 3 is 2.59 bits per heavy atom. The van der Waals surface area contributed by atoms with Gasteiger partial charge in [-0.2, -0.15) is 11.3 Å². The van der Waals surface area contributed by atoms with Crippen molar-refractivity contribution >= 4 is 23.2 Å². The second-order valence-corrected chi connectivity index (χ2v) is 7.36. The summed E-state index contributed by atoms with van der Waals surface area (Å²) in [6.45, 7) is 2.35. The van der Waals surface area contributed by atoms with Crippen molar-refractivity contribution in [2.45, 2.75) is 31.7 Å². The number of carboxylic acid groups (broad SMARTS) is 1. The quantitative estimate of drug-likeness (QED) is 0.819. The van der Waals surface area contributed by atoms with Crippen molar-refractivity contribution in [2.24, 2.45) is 0 Å². The van der Waals surface area contributed by atoms with E-state index in [2.05, 4.69) is 0 Å². The van der Waals surface area contributed by atoms with Gasteiger partial charge in [-0.1, -0.05) is 0 Å². The van der Waals surface area contributed by atoms with Crippen molar-refractivity contribution < 1.29 is 24.2 Å². The van der Waals surface area contributed by atoms with Crippen molar-refractivity contribution in [2.75, 3.05) is 20.8 Å². The normalized spacial score (nSPS) is 17.1. The smallest absolute Gasteiger partial charge is 0.305 e. The highest BCUT2D eigenvalue weighted by Crippen LogP contribution is 2.40. The topological polar surface area (TPSA) is 76.1 Å². The van der Waals surface area contributed by atoms with Gasteiger partial charge in [0.15, 0.2) is 11.5 Å². The highest BCUT2D eigenvalue weighted by Gasteiger charge is 2.35. The molecular weight excluding hydrogens is 366 g/mol. The van der Waals surface area contributed by atoms with Gasteiger partial charge in [0.05, 0.1) is 32.6 Å². The first-order valence-corrected chi connectivity index (χ1v) is 9.69. The number of carbonyl (C=O) groups excluding carboxylic acids is 1. The summed E-state index contributed by atoms with van der Waals surface area (Å²) in [5.74, 6) is -0.165. The van der Waals surface area contributed by atoms with Gasteiger partial charge >= 0.3 is 5.97 Å². The first-order chi connectivity index (χ1) is 13.0. The molecule has 1 N–H and O–H groups in total. The van der Waals surface area contributed by atoms with Crippen LogP contribution in [0.2, 0.25) is 0 Å². The minimum absolute atomic E-state index is 0.0555. The lowest BCUT2D eigenvalue weighted by Gasteiger charge is -2.38. The van der Waals surface area contributed by atoms with Crippen molar-refractivity contribution in [3.8, 4) is 11.5 Å². The van der Waals surface area contributed by atoms with E-state index in [-0.39, 0.29) is 18.2 Å². The molecule has 0 saturated heterocycles. The van der Waals surface area contributed by atoms with Crippen molar-refractivity contribution in [1.82, 2.24) is 4.90 Å². The number of carboxylic acids is 1. The van der Waals surface area contributed by atoms with E-state index in [9.17, 15) is 14.7 Å². The number of rotatable bonds is 6. The monoisotopic (exact) mass is 389 g/mol. The third-order valence-corrected chi connectivity index (χ3v) is 5.77. The molecule has 144 valence electrons. The highest BCUT2D eigenvalue weighted by molar-refractivity contribution is 7.08. The van der Waals surface area contributed by atoms with E-state index in [0.717, 1.165) is 16.7 Å². The molecule has 0 radical (unpaired) electrons. The summed E-state index contributed by atoms with van der Waals surface area (Å²) in [5, 5.41) is 13.3. The molecule has 3 rings (SSSR count). The van der Waals surface area contributed by atoms with Crippen molar-refractivity contribution in [3.05, 3.63) is 45.6 Å². The molecule has 0 fully saturated rings. The first-order valence-electron chi connectivity index (χ1n) is 8.75. The molecule has 2 heterocycles. The van der Waals surface area contributed by atoms with E-state index >= 15 is 0 Å². The molecule has 0 spiro atoms. The van der Waals surface area contributed by atoms with Crippen LogP contribution in [-0.2, 0) is 16.0 Å². The van der Waals surface area contributed by atoms with Gasteiger partial charge in [0.25, 0.3) is 0 Å². The van der Waals surface area contributed by atoms with E-state index in [1.807, 2.05) is 29.8 Å². The van der Waals surface area contributed by atoms with Crippen LogP contribution in [0.1, 0.15) is 42.0 Å². The van der Waals surface area contributed by atoms with Gasteiger partial charge in [-0.05, 0) is 59.0 Å². The summed E-state index contributed by atoms with van der Waals surface area (Å²) in [4.78, 5) is 26.4. The number of hydrogen-bond acceptors (Lipinski definition) is 5. The molecule has 6 nitrogen and oxygen atoms in total. The second-order valence-electron chi connectivity index (χ2n) is 6.58. The molecule has 0 aliphatic carbocycles. The van der Waals surface area contributed by atoms with Gasteiger partial charge in [-0.15, -0.1) is 0 Å². The zero-order valence-corrected chi connectivity index (χ0v) is 16.4. The molecule has 1 aromatic carbocycles. The molecule has 27 heavy (non-hydrogen) atoms. The summed E-state index contributed by atoms with van der Waals surface area (Å²) < 4.78 is 10.7. The van der Waals surface area contributed by atoms with Crippen LogP contribution < -0.4 is 9.47 Å². The summed E-state index contributed by atoms with van der Waals surface area (Å²) in [6.07, 6.45) is 0.498. The van der Waals surface area contributed by atoms with Crippen LogP contribution in [0.15, 0.2) is 29.0 Å². The minimum Gasteiger partial charge on any atom is -0.493 e. The number of ether oxygens (including phenoxy) is 2. The largest absolute Gasteiger partial charge is 0.493 e. The number of thiophene rings is 1. The predicted octanol–water partition coefficient (Wildman–Crippen LogP) is 3.47. The Morgan fingerprint density at radius 2 is 2.00 bits per heavy atom. The Labute approximate surface area is 162 Å². The highest BCUT2D eigenvalue weighted by atomic mass is 32.1. The summed E-state index contributed by atoms with van der Waals surface area (Å²) in [5.41, 5.74) is 2.76. The van der Waals surface area contributed by atoms with E-state index in [4.69, 9.17) is 9.47 Å². The summed E-state index contributed by atoms with van der Waals surface area (Å²) in [7, 11) is 3.11. The molecular formula is C20H23NO5S. The summed E-state index contributed by atoms with van der Waals surface area (Å²) >= 11 is 1.55. The molecule has 2 aromatic rings. The van der Waals surface area contributed by atoms with Gasteiger partial charge < -0.3 is 19.5 Å². The van der Waals surface area contributed by atoms with Crippen LogP contribution in [0.25, 0.3) is 0 Å². The number of hydrogen-bond donors (Lipinski definition) is 1. The van der Waals surface area contributed by atoms with Crippen LogP contribution in [0.5, 0.6) is 11.5 Å². The Bertz CT molecular complexity index is 833. The van der Waals surface area contributed by atoms with Gasteiger partial charge in [0.2, 0.25) is 5.91 Å². The molecule has 1 aliphatic heterocycles. The number of fused-ring (bicyclic) bond motifs is 1. The SMILES string of the molecule is COc1cc2c(cc1OC)C(CC(=O)O)N(C(=O)C(C)c1ccsc1)CC2. The number of amides is 1. The lowest BCUT2D eigenvalue weighted by Crippen LogP contribution is -2.42. The average molecular weight is 389 g/mol. The maximum atomic E-state index is 13.2. The Balaban J connectivity index is 1.99. The van der Waals surface area contributed by atoms with Crippen LogP contribution in [0, 0.1) is 0 Å². The number of carbonyl (C=O) groups is 2. The predicted molar refractivity (Wildman–Crippen MR) is 103 cm³/mol. The van der Waals surface area contributed by atoms with E-state index < -0.39 is 12.0 Å². The second kappa shape index (κ2) is 8.00. The maximum Gasteiger partial charge on any atom is 0.305 e. The Hall–Kier alpha value is -2.54. The van der Waals surface area contributed by atoms with Crippen molar-refractivity contribution in [3.63, 3.8) is 0 Å². The lowest BCUT2D eigenvalue weighted by molar-refractivity contribution is -0.141. The first kappa shape index (κ1) is 19.2. The van der Waals surface area contributed by atoms with E-state index in [1.54, 1.807) is 36.5 Å². The maximum absolute atomic E-state index is 13.2. The van der Waals surface area contributed by atoms with E-state index in [0.29, 0.717) is 24.5 Å². The minimum atomic E-state index is -0.941. The Kier molecular flexibility index (Phi) is 5.70. The van der Waals surface area contributed by atoms with Crippen LogP contribution in [-0.4, -0.2) is 42.6 Å². The molecule has 0 saturated carbocycles. The number of benzene rings is 1. The third-order valence-electron chi connectivity index (χ3n) is 5.07. The number of methoxy groups -OCH3 is 2. The molecule has 0 bridgehead atoms. The van der Waals surface area contributed by atoms with Gasteiger partial charge in [0, 0.05) is 6.54 Å². The van der Waals surface area contributed by atoms with Crippen LogP contribution in [0.4, 0.5) is 0 Å². The fraction of sp³-hybridized carbons (Fsp3) is 0.400. The van der Waals surface area contributed by atoms with Crippen LogP contribution in [0.3, 0.4) is 0 Å². The number of aliphatic carboxylic acids is 1. The zero-order chi connectivity index (χ0) is 19.6. The molecule has 1 aromatic heterocycles. The summed E-state index contributed by atoms with van der Waals surface area (Å²) in [6, 6.07) is 5.09. The van der Waals surface area contributed by atoms with Crippen molar-refractivity contribution in [1.29, 1.82) is 0 Å². The molecule has 1 aliphatic rings. The van der Waals surface area contributed by atoms with Gasteiger partial charge in [-0.3, -0.25) is 9.59 Å². The molecule has 2 atom stereocenters. The fourth-order valence-corrected chi connectivity index (χ4v) is 4.34. The van der Waals surface area contributed by atoms with Crippen LogP contribution >= 0.6 is 11.3 Å². The molecule has 7 heteroatoms. The average Bonchev–Trinajstić information content (AvgIpc) is 3.20. The standard InChI is InChI=1S/C20H23NO5S/c1-12(14-5-7-27-11-14)20(24)21-6-4-13-8-17(25-2)18(26-3)9-15(13)16(21)10-19(22)23/h5,7-9,11-12,16H,4,6,10H2,1-3H3,(H,22,23). The number of nitrogens with zero attached hydrogens (tertiary/aromatic N) is 1. The zero-order valence-electron chi connectivity index (χ0n) is 15.6. The van der Waals surface area contributed by atoms with Gasteiger partial charge in [0.1, 0.15) is 0 Å².